The summed E-state index contributed by atoms with van der Waals surface area (Å²) in [6, 6.07) is 7.60. The van der Waals surface area contributed by atoms with Crippen molar-refractivity contribution in [1.29, 1.82) is 0 Å². The van der Waals surface area contributed by atoms with Gasteiger partial charge < -0.3 is 15.4 Å². The Morgan fingerprint density at radius 1 is 0.966 bits per heavy atom. The summed E-state index contributed by atoms with van der Waals surface area (Å²) in [6.07, 6.45) is 9.99. The molecule has 3 aromatic heterocycles. The van der Waals surface area contributed by atoms with Gasteiger partial charge in [0.1, 0.15) is 17.4 Å². The SMILES string of the molecule is COc1ccc(=O)n(-c2ccc(N[C@H]3CC[C@H](Nc4cnc(C)cn4)C3)nc2)c1. The predicted molar refractivity (Wildman–Crippen MR) is 112 cm³/mol. The number of aryl methyl sites for hydroxylation is 1. The van der Waals surface area contributed by atoms with E-state index in [-0.39, 0.29) is 5.56 Å². The van der Waals surface area contributed by atoms with E-state index in [2.05, 4.69) is 25.6 Å². The van der Waals surface area contributed by atoms with Crippen LogP contribution in [0, 0.1) is 6.92 Å². The summed E-state index contributed by atoms with van der Waals surface area (Å²) < 4.78 is 6.72. The molecule has 0 amide bonds. The molecule has 8 heteroatoms. The molecule has 0 bridgehead atoms. The molecule has 1 fully saturated rings. The fourth-order valence-electron chi connectivity index (χ4n) is 3.53. The van der Waals surface area contributed by atoms with Crippen molar-refractivity contribution in [3.63, 3.8) is 0 Å². The molecule has 150 valence electrons. The summed E-state index contributed by atoms with van der Waals surface area (Å²) in [5, 5.41) is 6.93. The van der Waals surface area contributed by atoms with E-state index >= 15 is 0 Å². The molecule has 4 rings (SSSR count). The Labute approximate surface area is 169 Å². The summed E-state index contributed by atoms with van der Waals surface area (Å²) >= 11 is 0. The van der Waals surface area contributed by atoms with Crippen molar-refractivity contribution >= 4 is 11.6 Å². The smallest absolute Gasteiger partial charge is 0.255 e. The molecule has 0 spiro atoms. The van der Waals surface area contributed by atoms with Crippen LogP contribution in [-0.4, -0.2) is 38.7 Å². The first-order valence-corrected chi connectivity index (χ1v) is 9.65. The molecule has 0 unspecified atom stereocenters. The van der Waals surface area contributed by atoms with E-state index in [1.165, 1.54) is 10.6 Å². The van der Waals surface area contributed by atoms with E-state index in [1.807, 2.05) is 19.1 Å². The topological polar surface area (TPSA) is 94.0 Å². The maximum absolute atomic E-state index is 12.1. The van der Waals surface area contributed by atoms with Crippen molar-refractivity contribution in [2.45, 2.75) is 38.3 Å². The first kappa shape index (κ1) is 18.9. The zero-order valence-electron chi connectivity index (χ0n) is 16.5. The van der Waals surface area contributed by atoms with Gasteiger partial charge in [-0.2, -0.15) is 0 Å². The number of anilines is 2. The summed E-state index contributed by atoms with van der Waals surface area (Å²) in [4.78, 5) is 25.2. The van der Waals surface area contributed by atoms with Crippen molar-refractivity contribution in [3.8, 4) is 11.4 Å². The standard InChI is InChI=1S/C21H24N6O2/c1-14-10-23-20(12-22-14)26-16-4-3-15(9-16)25-19-7-5-17(11-24-19)27-13-18(29-2)6-8-21(27)28/h5-8,10-13,15-16H,3-4,9H2,1-2H3,(H,23,26)(H,24,25)/t15-,16-/m0/s1. The van der Waals surface area contributed by atoms with Crippen molar-refractivity contribution in [3.05, 3.63) is 65.1 Å². The minimum atomic E-state index is -0.128. The average Bonchev–Trinajstić information content (AvgIpc) is 3.17. The lowest BCUT2D eigenvalue weighted by molar-refractivity contribution is 0.411. The molecule has 0 radical (unpaired) electrons. The zero-order valence-corrected chi connectivity index (χ0v) is 16.5. The predicted octanol–water partition coefficient (Wildman–Crippen LogP) is 2.78. The Morgan fingerprint density at radius 2 is 1.72 bits per heavy atom. The lowest BCUT2D eigenvalue weighted by Crippen LogP contribution is -2.22. The minimum Gasteiger partial charge on any atom is -0.495 e. The molecule has 2 N–H and O–H groups in total. The second-order valence-corrected chi connectivity index (χ2v) is 7.22. The van der Waals surface area contributed by atoms with Gasteiger partial charge in [-0.1, -0.05) is 0 Å². The molecule has 0 aromatic carbocycles. The molecule has 8 nitrogen and oxygen atoms in total. The van der Waals surface area contributed by atoms with Gasteiger partial charge in [0.15, 0.2) is 0 Å². The number of rotatable bonds is 6. The van der Waals surface area contributed by atoms with Crippen LogP contribution in [0.3, 0.4) is 0 Å². The summed E-state index contributed by atoms with van der Waals surface area (Å²) in [6.45, 7) is 1.93. The normalized spacial score (nSPS) is 18.4. The quantitative estimate of drug-likeness (QED) is 0.666. The molecule has 1 aliphatic carbocycles. The first-order valence-electron chi connectivity index (χ1n) is 9.65. The van der Waals surface area contributed by atoms with E-state index in [0.29, 0.717) is 23.5 Å². The molecule has 3 heterocycles. The molecule has 0 aliphatic heterocycles. The van der Waals surface area contributed by atoms with Gasteiger partial charge in [0.25, 0.3) is 5.56 Å². The van der Waals surface area contributed by atoms with E-state index in [1.54, 1.807) is 38.0 Å². The van der Waals surface area contributed by atoms with Gasteiger partial charge in [0.2, 0.25) is 0 Å². The number of ether oxygens (including phenoxy) is 1. The van der Waals surface area contributed by atoms with Crippen molar-refractivity contribution < 1.29 is 4.74 Å². The van der Waals surface area contributed by atoms with Crippen LogP contribution in [-0.2, 0) is 0 Å². The second-order valence-electron chi connectivity index (χ2n) is 7.22. The Bertz CT molecular complexity index is 1020. The maximum Gasteiger partial charge on any atom is 0.255 e. The fourth-order valence-corrected chi connectivity index (χ4v) is 3.53. The Morgan fingerprint density at radius 3 is 2.38 bits per heavy atom. The molecule has 0 saturated heterocycles. The number of hydrogen-bond acceptors (Lipinski definition) is 7. The zero-order chi connectivity index (χ0) is 20.2. The van der Waals surface area contributed by atoms with Gasteiger partial charge in [0.05, 0.1) is 43.3 Å². The minimum absolute atomic E-state index is 0.128. The maximum atomic E-state index is 12.1. The van der Waals surface area contributed by atoms with Crippen molar-refractivity contribution in [1.82, 2.24) is 19.5 Å². The highest BCUT2D eigenvalue weighted by molar-refractivity contribution is 5.43. The highest BCUT2D eigenvalue weighted by atomic mass is 16.5. The fraction of sp³-hybridized carbons (Fsp3) is 0.333. The lowest BCUT2D eigenvalue weighted by Gasteiger charge is -2.16. The van der Waals surface area contributed by atoms with Crippen molar-refractivity contribution in [2.75, 3.05) is 17.7 Å². The summed E-state index contributed by atoms with van der Waals surface area (Å²) in [7, 11) is 1.57. The number of methoxy groups -OCH3 is 1. The molecule has 1 saturated carbocycles. The highest BCUT2D eigenvalue weighted by Gasteiger charge is 2.25. The number of nitrogens with zero attached hydrogens (tertiary/aromatic N) is 4. The van der Waals surface area contributed by atoms with Crippen LogP contribution in [0.4, 0.5) is 11.6 Å². The number of nitrogens with one attached hydrogen (secondary N) is 2. The molecule has 1 aliphatic rings. The third-order valence-corrected chi connectivity index (χ3v) is 5.06. The Balaban J connectivity index is 1.37. The van der Waals surface area contributed by atoms with Crippen LogP contribution >= 0.6 is 0 Å². The van der Waals surface area contributed by atoms with E-state index in [4.69, 9.17) is 4.74 Å². The van der Waals surface area contributed by atoms with Gasteiger partial charge in [-0.05, 0) is 44.4 Å². The summed E-state index contributed by atoms with van der Waals surface area (Å²) in [5.74, 6) is 2.23. The van der Waals surface area contributed by atoms with Gasteiger partial charge in [0, 0.05) is 18.2 Å². The van der Waals surface area contributed by atoms with Gasteiger partial charge in [-0.3, -0.25) is 14.3 Å². The third-order valence-electron chi connectivity index (χ3n) is 5.06. The van der Waals surface area contributed by atoms with E-state index in [9.17, 15) is 4.79 Å². The van der Waals surface area contributed by atoms with Crippen LogP contribution in [0.25, 0.3) is 5.69 Å². The van der Waals surface area contributed by atoms with E-state index < -0.39 is 0 Å². The van der Waals surface area contributed by atoms with Crippen LogP contribution in [0.1, 0.15) is 25.0 Å². The van der Waals surface area contributed by atoms with Crippen LogP contribution in [0.5, 0.6) is 5.75 Å². The summed E-state index contributed by atoms with van der Waals surface area (Å²) in [5.41, 5.74) is 1.48. The van der Waals surface area contributed by atoms with Crippen LogP contribution in [0.15, 0.2) is 53.8 Å². The lowest BCUT2D eigenvalue weighted by atomic mass is 10.2. The molecule has 29 heavy (non-hydrogen) atoms. The van der Waals surface area contributed by atoms with Gasteiger partial charge in [-0.15, -0.1) is 0 Å². The molecular weight excluding hydrogens is 368 g/mol. The molecular formula is C21H24N6O2. The highest BCUT2D eigenvalue weighted by Crippen LogP contribution is 2.25. The largest absolute Gasteiger partial charge is 0.495 e. The number of aromatic nitrogens is 4. The van der Waals surface area contributed by atoms with E-state index in [0.717, 1.165) is 36.6 Å². The average molecular weight is 392 g/mol. The van der Waals surface area contributed by atoms with Gasteiger partial charge in [-0.25, -0.2) is 9.97 Å². The first-order chi connectivity index (χ1) is 14.1. The van der Waals surface area contributed by atoms with Crippen molar-refractivity contribution in [2.24, 2.45) is 0 Å². The molecule has 3 aromatic rings. The monoisotopic (exact) mass is 392 g/mol. The number of pyridine rings is 2. The Kier molecular flexibility index (Phi) is 5.41. The molecule has 2 atom stereocenters. The van der Waals surface area contributed by atoms with Crippen LogP contribution in [0.2, 0.25) is 0 Å². The number of hydrogen-bond donors (Lipinski definition) is 2. The second kappa shape index (κ2) is 8.30. The third kappa shape index (κ3) is 4.53. The Hall–Kier alpha value is -3.42. The van der Waals surface area contributed by atoms with Crippen LogP contribution < -0.4 is 20.9 Å². The van der Waals surface area contributed by atoms with Gasteiger partial charge >= 0.3 is 0 Å².